The number of carboxylic acid groups (broad SMARTS) is 1. The van der Waals surface area contributed by atoms with Gasteiger partial charge in [0.15, 0.2) is 0 Å². The molecule has 3 atom stereocenters. The molecule has 188 valence electrons. The van der Waals surface area contributed by atoms with Gasteiger partial charge >= 0.3 is 5.97 Å². The molecular formula is C26H45N3O4. The van der Waals surface area contributed by atoms with Gasteiger partial charge in [-0.15, -0.1) is 0 Å². The first kappa shape index (κ1) is 27.4. The van der Waals surface area contributed by atoms with Crippen LogP contribution in [0.15, 0.2) is 11.6 Å². The fraction of sp³-hybridized carbons (Fsp3) is 0.808. The molecule has 0 aromatic heterocycles. The first-order valence-electron chi connectivity index (χ1n) is 12.8. The Bertz CT molecular complexity index is 712. The molecule has 2 fully saturated rings. The van der Waals surface area contributed by atoms with Crippen molar-refractivity contribution in [1.29, 1.82) is 0 Å². The van der Waals surface area contributed by atoms with E-state index in [1.165, 1.54) is 6.42 Å². The number of carbonyl (C=O) groups excluding carboxylic acids is 2. The number of likely N-dealkylation sites (N-methyl/N-ethyl adjacent to an activating group) is 1. The minimum absolute atomic E-state index is 0.0425. The van der Waals surface area contributed by atoms with E-state index in [1.54, 1.807) is 24.9 Å². The molecule has 2 N–H and O–H groups in total. The number of aliphatic carboxylic acids is 1. The van der Waals surface area contributed by atoms with Crippen molar-refractivity contribution in [2.75, 3.05) is 13.6 Å². The van der Waals surface area contributed by atoms with Crippen molar-refractivity contribution >= 4 is 17.8 Å². The number of piperidine rings is 1. The van der Waals surface area contributed by atoms with E-state index < -0.39 is 12.0 Å². The molecule has 0 spiro atoms. The van der Waals surface area contributed by atoms with Crippen molar-refractivity contribution in [3.63, 3.8) is 0 Å². The summed E-state index contributed by atoms with van der Waals surface area (Å²) in [7, 11) is 1.74. The number of carboxylic acids is 1. The first-order chi connectivity index (χ1) is 15.5. The molecule has 1 aliphatic heterocycles. The third-order valence-electron chi connectivity index (χ3n) is 7.43. The second-order valence-corrected chi connectivity index (χ2v) is 10.6. The molecule has 2 aliphatic rings. The molecule has 0 unspecified atom stereocenters. The van der Waals surface area contributed by atoms with Gasteiger partial charge < -0.3 is 15.3 Å². The Morgan fingerprint density at radius 1 is 1.00 bits per heavy atom. The lowest BCUT2D eigenvalue weighted by molar-refractivity contribution is -0.141. The number of likely N-dealkylation sites (tertiary alicyclic amines) is 1. The number of hydrogen-bond donors (Lipinski definition) is 2. The summed E-state index contributed by atoms with van der Waals surface area (Å²) >= 11 is 0. The lowest BCUT2D eigenvalue weighted by Gasteiger charge is -2.40. The highest BCUT2D eigenvalue weighted by atomic mass is 16.4. The predicted molar refractivity (Wildman–Crippen MR) is 131 cm³/mol. The van der Waals surface area contributed by atoms with E-state index in [9.17, 15) is 19.5 Å². The van der Waals surface area contributed by atoms with Crippen molar-refractivity contribution in [1.82, 2.24) is 15.1 Å². The third kappa shape index (κ3) is 7.29. The van der Waals surface area contributed by atoms with Crippen LogP contribution in [0, 0.1) is 11.8 Å². The van der Waals surface area contributed by atoms with E-state index in [2.05, 4.69) is 24.1 Å². The van der Waals surface area contributed by atoms with Crippen molar-refractivity contribution in [2.24, 2.45) is 11.8 Å². The Labute approximate surface area is 200 Å². The molecule has 1 aliphatic carbocycles. The number of nitrogens with zero attached hydrogens (tertiary/aromatic N) is 2. The Balaban J connectivity index is 2.28. The van der Waals surface area contributed by atoms with Crippen LogP contribution in [0.2, 0.25) is 0 Å². The largest absolute Gasteiger partial charge is 0.478 e. The van der Waals surface area contributed by atoms with Gasteiger partial charge in [0.2, 0.25) is 11.8 Å². The molecule has 2 amide bonds. The van der Waals surface area contributed by atoms with E-state index in [1.807, 2.05) is 13.8 Å². The highest BCUT2D eigenvalue weighted by Gasteiger charge is 2.38. The summed E-state index contributed by atoms with van der Waals surface area (Å²) in [6, 6.07) is -0.836. The Morgan fingerprint density at radius 3 is 2.15 bits per heavy atom. The van der Waals surface area contributed by atoms with E-state index in [0.29, 0.717) is 0 Å². The van der Waals surface area contributed by atoms with Gasteiger partial charge in [0, 0.05) is 18.7 Å². The van der Waals surface area contributed by atoms with Gasteiger partial charge in [-0.3, -0.25) is 14.5 Å². The van der Waals surface area contributed by atoms with Crippen molar-refractivity contribution in [3.8, 4) is 0 Å². The van der Waals surface area contributed by atoms with Gasteiger partial charge in [0.05, 0.1) is 12.1 Å². The van der Waals surface area contributed by atoms with Crippen LogP contribution in [-0.4, -0.2) is 70.4 Å². The van der Waals surface area contributed by atoms with E-state index in [4.69, 9.17) is 0 Å². The Kier molecular flexibility index (Phi) is 10.4. The van der Waals surface area contributed by atoms with E-state index in [0.717, 1.165) is 51.5 Å². The third-order valence-corrected chi connectivity index (χ3v) is 7.43. The van der Waals surface area contributed by atoms with Crippen molar-refractivity contribution < 1.29 is 19.5 Å². The van der Waals surface area contributed by atoms with Crippen LogP contribution in [0.3, 0.4) is 0 Å². The van der Waals surface area contributed by atoms with Crippen molar-refractivity contribution in [2.45, 2.75) is 110 Å². The molecule has 0 bridgehead atoms. The van der Waals surface area contributed by atoms with Gasteiger partial charge in [0.25, 0.3) is 0 Å². The van der Waals surface area contributed by atoms with Crippen LogP contribution in [0.5, 0.6) is 0 Å². The zero-order valence-electron chi connectivity index (χ0n) is 21.5. The van der Waals surface area contributed by atoms with Crippen LogP contribution in [0.1, 0.15) is 86.0 Å². The summed E-state index contributed by atoms with van der Waals surface area (Å²) in [5.41, 5.74) is 0.224. The second kappa shape index (κ2) is 12.5. The molecule has 1 saturated carbocycles. The molecule has 1 saturated heterocycles. The lowest BCUT2D eigenvalue weighted by atomic mass is 9.82. The number of rotatable bonds is 9. The van der Waals surface area contributed by atoms with Gasteiger partial charge in [-0.2, -0.15) is 0 Å². The van der Waals surface area contributed by atoms with Gasteiger partial charge in [-0.05, 0) is 64.8 Å². The normalized spacial score (nSPS) is 22.8. The van der Waals surface area contributed by atoms with Crippen LogP contribution in [0.25, 0.3) is 0 Å². The molecule has 7 nitrogen and oxygen atoms in total. The summed E-state index contributed by atoms with van der Waals surface area (Å²) in [5, 5.41) is 12.5. The molecule has 2 rings (SSSR count). The fourth-order valence-corrected chi connectivity index (χ4v) is 5.40. The minimum Gasteiger partial charge on any atom is -0.478 e. The molecule has 7 heteroatoms. The second-order valence-electron chi connectivity index (χ2n) is 10.6. The number of amides is 2. The lowest BCUT2D eigenvalue weighted by Crippen LogP contribution is -2.59. The number of carbonyl (C=O) groups is 3. The zero-order chi connectivity index (χ0) is 24.7. The number of nitrogens with one attached hydrogen (secondary N) is 1. The average molecular weight is 464 g/mol. The van der Waals surface area contributed by atoms with E-state index >= 15 is 0 Å². The van der Waals surface area contributed by atoms with Crippen LogP contribution >= 0.6 is 0 Å². The zero-order valence-corrected chi connectivity index (χ0v) is 21.5. The maximum Gasteiger partial charge on any atom is 0.331 e. The quantitative estimate of drug-likeness (QED) is 0.507. The molecular weight excluding hydrogens is 418 g/mol. The van der Waals surface area contributed by atoms with Gasteiger partial charge in [0.1, 0.15) is 6.04 Å². The average Bonchev–Trinajstić information content (AvgIpc) is 2.79. The van der Waals surface area contributed by atoms with Crippen LogP contribution < -0.4 is 5.32 Å². The number of hydrogen-bond acceptors (Lipinski definition) is 4. The summed E-state index contributed by atoms with van der Waals surface area (Å²) in [5.74, 6) is -0.976. The molecule has 0 aromatic rings. The molecule has 33 heavy (non-hydrogen) atoms. The molecule has 0 aromatic carbocycles. The molecule has 0 radical (unpaired) electrons. The monoisotopic (exact) mass is 463 g/mol. The predicted octanol–water partition coefficient (Wildman–Crippen LogP) is 3.83. The smallest absolute Gasteiger partial charge is 0.331 e. The minimum atomic E-state index is -0.982. The summed E-state index contributed by atoms with van der Waals surface area (Å²) < 4.78 is 0. The Morgan fingerprint density at radius 2 is 1.61 bits per heavy atom. The topological polar surface area (TPSA) is 90.0 Å². The van der Waals surface area contributed by atoms with Crippen LogP contribution in [-0.2, 0) is 14.4 Å². The van der Waals surface area contributed by atoms with Gasteiger partial charge in [-0.1, -0.05) is 45.6 Å². The van der Waals surface area contributed by atoms with Gasteiger partial charge in [-0.25, -0.2) is 4.79 Å². The summed E-state index contributed by atoms with van der Waals surface area (Å²) in [4.78, 5) is 42.6. The maximum absolute atomic E-state index is 13.8. The summed E-state index contributed by atoms with van der Waals surface area (Å²) in [6.45, 7) is 10.7. The van der Waals surface area contributed by atoms with E-state index in [-0.39, 0.29) is 47.3 Å². The van der Waals surface area contributed by atoms with Crippen LogP contribution in [0.4, 0.5) is 0 Å². The summed E-state index contributed by atoms with van der Waals surface area (Å²) in [6.07, 6.45) is 9.77. The SMILES string of the molecule is CC(=C[C@H](C(C)C)N(C)C(=O)[C@H](NC(=O)[C@H]1CCCCN1C(C)C)C1CCCCC1)C(=O)O. The first-order valence-corrected chi connectivity index (χ1v) is 12.8. The highest BCUT2D eigenvalue weighted by molar-refractivity contribution is 5.90. The maximum atomic E-state index is 13.8. The Hall–Kier alpha value is -1.89. The highest BCUT2D eigenvalue weighted by Crippen LogP contribution is 2.29. The standard InChI is InChI=1S/C26H45N3O4/c1-17(2)22(16-19(5)26(32)33)28(6)25(31)23(20-12-8-7-9-13-20)27-24(30)21-14-10-11-15-29(21)18(3)4/h16-18,20-23H,7-15H2,1-6H3,(H,27,30)(H,32,33)/t21-,22-,23-/m1/s1. The fourth-order valence-electron chi connectivity index (χ4n) is 5.40. The van der Waals surface area contributed by atoms with Crippen molar-refractivity contribution in [3.05, 3.63) is 11.6 Å². The molecule has 1 heterocycles.